The zero-order valence-corrected chi connectivity index (χ0v) is 12.2. The minimum absolute atomic E-state index is 0.230. The molecule has 1 fully saturated rings. The van der Waals surface area contributed by atoms with E-state index in [0.29, 0.717) is 11.8 Å². The molecule has 2 nitrogen and oxygen atoms in total. The number of aliphatic hydroxyl groups is 1. The number of benzene rings is 1. The Kier molecular flexibility index (Phi) is 3.27. The molecule has 0 spiro atoms. The molecule has 0 radical (unpaired) electrons. The lowest BCUT2D eigenvalue weighted by molar-refractivity contribution is 0.108. The summed E-state index contributed by atoms with van der Waals surface area (Å²) in [5.74, 6) is 1.18. The topological polar surface area (TPSA) is 33.1 Å². The van der Waals surface area contributed by atoms with Crippen LogP contribution >= 0.6 is 0 Å². The minimum atomic E-state index is -0.246. The average molecular weight is 279 g/mol. The van der Waals surface area contributed by atoms with Crippen LogP contribution in [0.15, 0.2) is 48.7 Å². The molecule has 4 unspecified atom stereocenters. The molecule has 2 aromatic rings. The number of pyridine rings is 1. The van der Waals surface area contributed by atoms with E-state index in [1.165, 1.54) is 17.5 Å². The summed E-state index contributed by atoms with van der Waals surface area (Å²) in [6.45, 7) is 0. The van der Waals surface area contributed by atoms with E-state index in [1.807, 2.05) is 12.3 Å². The third-order valence-electron chi connectivity index (χ3n) is 5.16. The molecule has 1 aromatic heterocycles. The Bertz CT molecular complexity index is 624. The average Bonchev–Trinajstić information content (AvgIpc) is 3.35. The molecule has 1 N–H and O–H groups in total. The second-order valence-corrected chi connectivity index (χ2v) is 6.45. The predicted molar refractivity (Wildman–Crippen MR) is 83.2 cm³/mol. The van der Waals surface area contributed by atoms with E-state index < -0.39 is 0 Å². The molecule has 108 valence electrons. The van der Waals surface area contributed by atoms with Crippen molar-refractivity contribution in [1.82, 2.24) is 4.98 Å². The Hall–Kier alpha value is -1.67. The van der Waals surface area contributed by atoms with Gasteiger partial charge >= 0.3 is 0 Å². The SMILES string of the molecule is OC(C1CCCc2cccnc21)C1CC1c1ccccc1. The normalized spacial score (nSPS) is 28.7. The van der Waals surface area contributed by atoms with Gasteiger partial charge in [0.15, 0.2) is 0 Å². The van der Waals surface area contributed by atoms with Crippen LogP contribution < -0.4 is 0 Å². The van der Waals surface area contributed by atoms with Crippen molar-refractivity contribution in [3.8, 4) is 0 Å². The lowest BCUT2D eigenvalue weighted by Gasteiger charge is -2.28. The fourth-order valence-electron chi connectivity index (χ4n) is 3.95. The maximum absolute atomic E-state index is 10.9. The lowest BCUT2D eigenvalue weighted by atomic mass is 9.81. The van der Waals surface area contributed by atoms with E-state index in [2.05, 4.69) is 41.4 Å². The molecule has 1 heterocycles. The molecule has 0 amide bonds. The maximum Gasteiger partial charge on any atom is 0.0658 e. The Morgan fingerprint density at radius 1 is 1.10 bits per heavy atom. The Labute approximate surface area is 125 Å². The molecule has 1 aromatic carbocycles. The van der Waals surface area contributed by atoms with Gasteiger partial charge in [0.2, 0.25) is 0 Å². The van der Waals surface area contributed by atoms with Gasteiger partial charge in [-0.3, -0.25) is 4.98 Å². The number of nitrogens with zero attached hydrogens (tertiary/aromatic N) is 1. The van der Waals surface area contributed by atoms with Gasteiger partial charge in [0, 0.05) is 17.8 Å². The second kappa shape index (κ2) is 5.27. The minimum Gasteiger partial charge on any atom is -0.392 e. The van der Waals surface area contributed by atoms with Crippen LogP contribution in [-0.2, 0) is 6.42 Å². The van der Waals surface area contributed by atoms with Crippen molar-refractivity contribution < 1.29 is 5.11 Å². The molecular weight excluding hydrogens is 258 g/mol. The third kappa shape index (κ3) is 2.38. The maximum atomic E-state index is 10.9. The molecule has 0 aliphatic heterocycles. The Morgan fingerprint density at radius 3 is 2.81 bits per heavy atom. The van der Waals surface area contributed by atoms with Gasteiger partial charge in [0.05, 0.1) is 6.10 Å². The van der Waals surface area contributed by atoms with E-state index in [0.717, 1.165) is 25.0 Å². The highest BCUT2D eigenvalue weighted by molar-refractivity contribution is 5.31. The fourth-order valence-corrected chi connectivity index (χ4v) is 3.95. The molecule has 4 rings (SSSR count). The number of rotatable bonds is 3. The van der Waals surface area contributed by atoms with Crippen LogP contribution in [0.3, 0.4) is 0 Å². The van der Waals surface area contributed by atoms with E-state index in [-0.39, 0.29) is 12.0 Å². The van der Waals surface area contributed by atoms with E-state index in [9.17, 15) is 5.11 Å². The fraction of sp³-hybridized carbons (Fsp3) is 0.421. The van der Waals surface area contributed by atoms with Gasteiger partial charge in [-0.1, -0.05) is 36.4 Å². The molecule has 2 aliphatic carbocycles. The van der Waals surface area contributed by atoms with Crippen LogP contribution in [0.5, 0.6) is 0 Å². The van der Waals surface area contributed by atoms with Gasteiger partial charge in [-0.25, -0.2) is 0 Å². The molecule has 21 heavy (non-hydrogen) atoms. The highest BCUT2D eigenvalue weighted by atomic mass is 16.3. The van der Waals surface area contributed by atoms with Crippen molar-refractivity contribution in [3.05, 3.63) is 65.5 Å². The predicted octanol–water partition coefficient (Wildman–Crippen LogP) is 3.67. The quantitative estimate of drug-likeness (QED) is 0.930. The largest absolute Gasteiger partial charge is 0.392 e. The van der Waals surface area contributed by atoms with Crippen molar-refractivity contribution in [2.24, 2.45) is 5.92 Å². The zero-order valence-electron chi connectivity index (χ0n) is 12.2. The van der Waals surface area contributed by atoms with Gasteiger partial charge in [-0.2, -0.15) is 0 Å². The summed E-state index contributed by atoms with van der Waals surface area (Å²) in [6.07, 6.45) is 6.09. The standard InChI is InChI=1S/C19H21NO/c21-19(17-12-16(17)13-6-2-1-3-7-13)15-10-4-8-14-9-5-11-20-18(14)15/h1-3,5-7,9,11,15-17,19,21H,4,8,10,12H2. The molecule has 4 atom stereocenters. The first-order valence-electron chi connectivity index (χ1n) is 8.01. The van der Waals surface area contributed by atoms with Crippen LogP contribution in [0.25, 0.3) is 0 Å². The van der Waals surface area contributed by atoms with Crippen LogP contribution in [0.4, 0.5) is 0 Å². The van der Waals surface area contributed by atoms with Crippen molar-refractivity contribution in [2.75, 3.05) is 0 Å². The summed E-state index contributed by atoms with van der Waals surface area (Å²) < 4.78 is 0. The summed E-state index contributed by atoms with van der Waals surface area (Å²) >= 11 is 0. The van der Waals surface area contributed by atoms with Crippen molar-refractivity contribution >= 4 is 0 Å². The van der Waals surface area contributed by atoms with Crippen molar-refractivity contribution in [1.29, 1.82) is 0 Å². The first-order chi connectivity index (χ1) is 10.3. The highest BCUT2D eigenvalue weighted by Crippen LogP contribution is 2.53. The van der Waals surface area contributed by atoms with Gasteiger partial charge in [0.25, 0.3) is 0 Å². The number of hydrogen-bond acceptors (Lipinski definition) is 2. The van der Waals surface area contributed by atoms with Crippen LogP contribution in [-0.4, -0.2) is 16.2 Å². The highest BCUT2D eigenvalue weighted by Gasteiger charge is 2.47. The van der Waals surface area contributed by atoms with Gasteiger partial charge in [-0.15, -0.1) is 0 Å². The van der Waals surface area contributed by atoms with Gasteiger partial charge in [-0.05, 0) is 54.7 Å². The van der Waals surface area contributed by atoms with E-state index in [4.69, 9.17) is 0 Å². The zero-order chi connectivity index (χ0) is 14.2. The molecule has 0 bridgehead atoms. The van der Waals surface area contributed by atoms with Gasteiger partial charge < -0.3 is 5.11 Å². The summed E-state index contributed by atoms with van der Waals surface area (Å²) in [4.78, 5) is 4.57. The van der Waals surface area contributed by atoms with Crippen LogP contribution in [0.1, 0.15) is 47.9 Å². The number of aromatic nitrogens is 1. The Balaban J connectivity index is 1.54. The number of aliphatic hydroxyl groups excluding tert-OH is 1. The summed E-state index contributed by atoms with van der Waals surface area (Å²) in [5, 5.41) is 10.9. The summed E-state index contributed by atoms with van der Waals surface area (Å²) in [7, 11) is 0. The molecule has 2 heteroatoms. The molecule has 0 saturated heterocycles. The smallest absolute Gasteiger partial charge is 0.0658 e. The number of hydrogen-bond donors (Lipinski definition) is 1. The molecule has 1 saturated carbocycles. The summed E-state index contributed by atoms with van der Waals surface area (Å²) in [5.41, 5.74) is 3.86. The number of aryl methyl sites for hydroxylation is 1. The Morgan fingerprint density at radius 2 is 1.95 bits per heavy atom. The van der Waals surface area contributed by atoms with E-state index >= 15 is 0 Å². The van der Waals surface area contributed by atoms with E-state index in [1.54, 1.807) is 0 Å². The summed E-state index contributed by atoms with van der Waals surface area (Å²) in [6, 6.07) is 14.8. The monoisotopic (exact) mass is 279 g/mol. The lowest BCUT2D eigenvalue weighted by Crippen LogP contribution is -2.26. The third-order valence-corrected chi connectivity index (χ3v) is 5.16. The van der Waals surface area contributed by atoms with Crippen molar-refractivity contribution in [3.63, 3.8) is 0 Å². The van der Waals surface area contributed by atoms with Gasteiger partial charge in [0.1, 0.15) is 0 Å². The first kappa shape index (κ1) is 13.0. The molecule has 2 aliphatic rings. The van der Waals surface area contributed by atoms with Crippen molar-refractivity contribution in [2.45, 2.75) is 43.6 Å². The van der Waals surface area contributed by atoms with Crippen LogP contribution in [0.2, 0.25) is 0 Å². The van der Waals surface area contributed by atoms with Crippen LogP contribution in [0, 0.1) is 5.92 Å². The first-order valence-corrected chi connectivity index (χ1v) is 8.01. The molecular formula is C19H21NO. The number of fused-ring (bicyclic) bond motifs is 1. The second-order valence-electron chi connectivity index (χ2n) is 6.45.